The predicted octanol–water partition coefficient (Wildman–Crippen LogP) is 3.56. The van der Waals surface area contributed by atoms with Crippen molar-refractivity contribution in [3.63, 3.8) is 0 Å². The van der Waals surface area contributed by atoms with Gasteiger partial charge in [0.05, 0.1) is 5.69 Å². The third kappa shape index (κ3) is 5.22. The summed E-state index contributed by atoms with van der Waals surface area (Å²) in [6.45, 7) is 9.28. The number of rotatable bonds is 5. The second-order valence-electron chi connectivity index (χ2n) is 8.94. The molecule has 4 rings (SSSR count). The lowest BCUT2D eigenvalue weighted by Gasteiger charge is -2.35. The number of benzene rings is 1. The molecule has 1 aliphatic rings. The van der Waals surface area contributed by atoms with Gasteiger partial charge in [-0.2, -0.15) is 0 Å². The lowest BCUT2D eigenvalue weighted by atomic mass is 9.87. The van der Waals surface area contributed by atoms with Crippen molar-refractivity contribution in [3.8, 4) is 17.0 Å². The van der Waals surface area contributed by atoms with E-state index in [0.717, 1.165) is 35.9 Å². The molecule has 1 aromatic carbocycles. The van der Waals surface area contributed by atoms with Crippen molar-refractivity contribution in [2.24, 2.45) is 0 Å². The predicted molar refractivity (Wildman–Crippen MR) is 125 cm³/mol. The second kappa shape index (κ2) is 9.34. The van der Waals surface area contributed by atoms with Crippen molar-refractivity contribution in [2.75, 3.05) is 37.7 Å². The van der Waals surface area contributed by atoms with E-state index in [1.165, 1.54) is 5.56 Å². The molecule has 166 valence electrons. The molecular weight excluding hydrogens is 402 g/mol. The van der Waals surface area contributed by atoms with Crippen molar-refractivity contribution in [1.82, 2.24) is 20.1 Å². The second-order valence-corrected chi connectivity index (χ2v) is 8.94. The molecule has 1 amide bonds. The van der Waals surface area contributed by atoms with Crippen LogP contribution in [0.1, 0.15) is 26.3 Å². The Balaban J connectivity index is 1.26. The number of carbonyl (C=O) groups is 1. The number of carbonyl (C=O) groups excluding carboxylic acids is 1. The van der Waals surface area contributed by atoms with Crippen LogP contribution in [0.15, 0.2) is 60.9 Å². The fourth-order valence-corrected chi connectivity index (χ4v) is 3.64. The molecule has 32 heavy (non-hydrogen) atoms. The zero-order valence-corrected chi connectivity index (χ0v) is 18.9. The fraction of sp³-hybridized carbons (Fsp3) is 0.360. The Bertz CT molecular complexity index is 1020. The lowest BCUT2D eigenvalue weighted by molar-refractivity contribution is -0.133. The number of anilines is 1. The summed E-state index contributed by atoms with van der Waals surface area (Å²) in [5, 5.41) is 8.72. The van der Waals surface area contributed by atoms with Gasteiger partial charge in [-0.05, 0) is 47.4 Å². The van der Waals surface area contributed by atoms with E-state index in [2.05, 4.69) is 53.0 Å². The Morgan fingerprint density at radius 1 is 0.906 bits per heavy atom. The Morgan fingerprint density at radius 3 is 2.19 bits per heavy atom. The summed E-state index contributed by atoms with van der Waals surface area (Å²) in [6.07, 6.45) is 3.48. The van der Waals surface area contributed by atoms with E-state index in [0.29, 0.717) is 13.1 Å². The van der Waals surface area contributed by atoms with Crippen molar-refractivity contribution < 1.29 is 9.53 Å². The van der Waals surface area contributed by atoms with Gasteiger partial charge in [0.1, 0.15) is 5.75 Å². The average molecular weight is 432 g/mol. The zero-order valence-electron chi connectivity index (χ0n) is 18.9. The Morgan fingerprint density at radius 2 is 1.59 bits per heavy atom. The minimum absolute atomic E-state index is 0.00340. The Kier molecular flexibility index (Phi) is 6.35. The third-order valence-electron chi connectivity index (χ3n) is 5.67. The number of amides is 1. The van der Waals surface area contributed by atoms with Gasteiger partial charge in [-0.3, -0.25) is 9.78 Å². The standard InChI is InChI=1S/C25H29N5O2/c1-25(2,3)20-4-6-21(7-5-20)32-18-24(31)30-16-14-29(15-17-30)23-9-8-22(27-28-23)19-10-12-26-13-11-19/h4-13H,14-18H2,1-3H3. The van der Waals surface area contributed by atoms with Crippen LogP contribution in [-0.2, 0) is 10.2 Å². The van der Waals surface area contributed by atoms with Crippen molar-refractivity contribution in [1.29, 1.82) is 0 Å². The van der Waals surface area contributed by atoms with E-state index in [1.54, 1.807) is 12.4 Å². The monoisotopic (exact) mass is 431 g/mol. The van der Waals surface area contributed by atoms with Gasteiger partial charge in [-0.25, -0.2) is 0 Å². The van der Waals surface area contributed by atoms with E-state index in [1.807, 2.05) is 41.3 Å². The summed E-state index contributed by atoms with van der Waals surface area (Å²) >= 11 is 0. The van der Waals surface area contributed by atoms with Crippen LogP contribution in [0.25, 0.3) is 11.3 Å². The molecule has 1 saturated heterocycles. The van der Waals surface area contributed by atoms with Gasteiger partial charge in [0.2, 0.25) is 0 Å². The molecule has 2 aromatic heterocycles. The number of ether oxygens (including phenoxy) is 1. The molecule has 7 heteroatoms. The number of piperazine rings is 1. The molecule has 3 aromatic rings. The van der Waals surface area contributed by atoms with Crippen LogP contribution in [0.4, 0.5) is 5.82 Å². The van der Waals surface area contributed by atoms with Gasteiger partial charge >= 0.3 is 0 Å². The number of pyridine rings is 1. The first-order valence-corrected chi connectivity index (χ1v) is 10.9. The van der Waals surface area contributed by atoms with Crippen molar-refractivity contribution >= 4 is 11.7 Å². The van der Waals surface area contributed by atoms with Gasteiger partial charge < -0.3 is 14.5 Å². The number of hydrogen-bond donors (Lipinski definition) is 0. The maximum absolute atomic E-state index is 12.6. The minimum Gasteiger partial charge on any atom is -0.484 e. The average Bonchev–Trinajstić information content (AvgIpc) is 2.83. The normalized spacial score (nSPS) is 14.3. The summed E-state index contributed by atoms with van der Waals surface area (Å²) in [4.78, 5) is 20.6. The SMILES string of the molecule is CC(C)(C)c1ccc(OCC(=O)N2CCN(c3ccc(-c4ccncc4)nn3)CC2)cc1. The molecule has 0 bridgehead atoms. The summed E-state index contributed by atoms with van der Waals surface area (Å²) in [6, 6.07) is 15.7. The molecule has 0 atom stereocenters. The number of aromatic nitrogens is 3. The first kappa shape index (κ1) is 21.7. The molecule has 0 aliphatic carbocycles. The van der Waals surface area contributed by atoms with E-state index in [-0.39, 0.29) is 17.9 Å². The quantitative estimate of drug-likeness (QED) is 0.615. The number of hydrogen-bond acceptors (Lipinski definition) is 6. The highest BCUT2D eigenvalue weighted by Gasteiger charge is 2.22. The summed E-state index contributed by atoms with van der Waals surface area (Å²) < 4.78 is 5.72. The van der Waals surface area contributed by atoms with Gasteiger partial charge in [-0.15, -0.1) is 10.2 Å². The van der Waals surface area contributed by atoms with Crippen molar-refractivity contribution in [3.05, 3.63) is 66.5 Å². The first-order valence-electron chi connectivity index (χ1n) is 10.9. The topological polar surface area (TPSA) is 71.5 Å². The largest absolute Gasteiger partial charge is 0.484 e. The van der Waals surface area contributed by atoms with Gasteiger partial charge in [0, 0.05) is 44.1 Å². The molecular formula is C25H29N5O2. The molecule has 0 saturated carbocycles. The van der Waals surface area contributed by atoms with E-state index < -0.39 is 0 Å². The molecule has 0 spiro atoms. The highest BCUT2D eigenvalue weighted by Crippen LogP contribution is 2.24. The highest BCUT2D eigenvalue weighted by atomic mass is 16.5. The Hall–Kier alpha value is -3.48. The van der Waals surface area contributed by atoms with E-state index in [9.17, 15) is 4.79 Å². The molecule has 0 N–H and O–H groups in total. The van der Waals surface area contributed by atoms with Gasteiger partial charge in [0.15, 0.2) is 12.4 Å². The van der Waals surface area contributed by atoms with Crippen LogP contribution < -0.4 is 9.64 Å². The molecule has 1 fully saturated rings. The van der Waals surface area contributed by atoms with Crippen LogP contribution in [0.2, 0.25) is 0 Å². The van der Waals surface area contributed by atoms with Crippen LogP contribution in [0, 0.1) is 0 Å². The van der Waals surface area contributed by atoms with E-state index in [4.69, 9.17) is 4.74 Å². The summed E-state index contributed by atoms with van der Waals surface area (Å²) in [5.41, 5.74) is 3.14. The van der Waals surface area contributed by atoms with Crippen LogP contribution in [0.3, 0.4) is 0 Å². The molecule has 7 nitrogen and oxygen atoms in total. The van der Waals surface area contributed by atoms with Crippen LogP contribution >= 0.6 is 0 Å². The molecule has 1 aliphatic heterocycles. The summed E-state index contributed by atoms with van der Waals surface area (Å²) in [7, 11) is 0. The summed E-state index contributed by atoms with van der Waals surface area (Å²) in [5.74, 6) is 1.54. The maximum atomic E-state index is 12.6. The minimum atomic E-state index is 0.00340. The smallest absolute Gasteiger partial charge is 0.260 e. The van der Waals surface area contributed by atoms with E-state index >= 15 is 0 Å². The number of nitrogens with zero attached hydrogens (tertiary/aromatic N) is 5. The lowest BCUT2D eigenvalue weighted by Crippen LogP contribution is -2.50. The Labute approximate surface area is 189 Å². The molecule has 0 radical (unpaired) electrons. The zero-order chi connectivity index (χ0) is 22.6. The van der Waals surface area contributed by atoms with Crippen molar-refractivity contribution in [2.45, 2.75) is 26.2 Å². The molecule has 3 heterocycles. The first-order chi connectivity index (χ1) is 15.4. The highest BCUT2D eigenvalue weighted by molar-refractivity contribution is 5.78. The molecule has 0 unspecified atom stereocenters. The van der Waals surface area contributed by atoms with Gasteiger partial charge in [0.25, 0.3) is 5.91 Å². The van der Waals surface area contributed by atoms with Crippen LogP contribution in [-0.4, -0.2) is 58.8 Å². The fourth-order valence-electron chi connectivity index (χ4n) is 3.64. The third-order valence-corrected chi connectivity index (χ3v) is 5.67. The maximum Gasteiger partial charge on any atom is 0.260 e. The van der Waals surface area contributed by atoms with Gasteiger partial charge in [-0.1, -0.05) is 32.9 Å². The van der Waals surface area contributed by atoms with Crippen LogP contribution in [0.5, 0.6) is 5.75 Å².